The topological polar surface area (TPSA) is 97.6 Å². The second kappa shape index (κ2) is 11.6. The highest BCUT2D eigenvalue weighted by Gasteiger charge is 2.49. The Morgan fingerprint density at radius 3 is 2.39 bits per heavy atom. The van der Waals surface area contributed by atoms with Crippen LogP contribution in [0.2, 0.25) is 0 Å². The molecule has 248 valence electrons. The largest absolute Gasteiger partial charge is 0.444 e. The molecule has 1 amide bonds. The van der Waals surface area contributed by atoms with Crippen molar-refractivity contribution in [2.45, 2.75) is 103 Å². The van der Waals surface area contributed by atoms with Crippen molar-refractivity contribution >= 4 is 28.9 Å². The van der Waals surface area contributed by atoms with Crippen LogP contribution in [0, 0.1) is 12.3 Å². The highest BCUT2D eigenvalue weighted by molar-refractivity contribution is 5.86. The summed E-state index contributed by atoms with van der Waals surface area (Å²) in [5.41, 5.74) is 3.78. The summed E-state index contributed by atoms with van der Waals surface area (Å²) in [5.74, 6) is -1.23. The minimum absolute atomic E-state index is 0.135. The zero-order valence-electron chi connectivity index (χ0n) is 27.3. The standard InChI is InChI=1S/C34H45F2N7O3/c1-22-28(39-29-26(37-22)30(42-18-14-34(35,36)15-19-42)40-43(29)25-11-7-8-20-45-25)41-16-12-33(13-17-41)21-23-9-5-6-10-24(23)27(33)38-31(44)46-32(2,3)4/h5-6,9-10,25,27H,7-8,11-21H2,1-4H3,(H,38,44)/t25?,27-/m1/s1. The maximum Gasteiger partial charge on any atom is 0.408 e. The number of hydrogen-bond acceptors (Lipinski definition) is 8. The second-order valence-corrected chi connectivity index (χ2v) is 14.5. The molecule has 2 aromatic heterocycles. The molecule has 12 heteroatoms. The van der Waals surface area contributed by atoms with E-state index in [2.05, 4.69) is 28.4 Å². The van der Waals surface area contributed by atoms with Crippen LogP contribution >= 0.6 is 0 Å². The average Bonchev–Trinajstić information content (AvgIpc) is 3.52. The lowest BCUT2D eigenvalue weighted by Crippen LogP contribution is -2.48. The van der Waals surface area contributed by atoms with Crippen LogP contribution in [0.5, 0.6) is 0 Å². The highest BCUT2D eigenvalue weighted by atomic mass is 19.3. The number of carbonyl (C=O) groups is 1. The molecule has 5 heterocycles. The van der Waals surface area contributed by atoms with Gasteiger partial charge in [-0.15, -0.1) is 5.10 Å². The van der Waals surface area contributed by atoms with Crippen molar-refractivity contribution in [3.8, 4) is 0 Å². The minimum Gasteiger partial charge on any atom is -0.444 e. The number of alkyl halides is 2. The molecule has 3 fully saturated rings. The molecule has 2 atom stereocenters. The Labute approximate surface area is 268 Å². The van der Waals surface area contributed by atoms with Crippen LogP contribution in [0.1, 0.15) is 94.8 Å². The van der Waals surface area contributed by atoms with Gasteiger partial charge in [0.25, 0.3) is 5.92 Å². The maximum absolute atomic E-state index is 14.0. The Bertz CT molecular complexity index is 1600. The van der Waals surface area contributed by atoms with Gasteiger partial charge in [-0.05, 0) is 77.3 Å². The highest BCUT2D eigenvalue weighted by Crippen LogP contribution is 2.52. The number of anilines is 2. The number of hydrogen-bond donors (Lipinski definition) is 1. The summed E-state index contributed by atoms with van der Waals surface area (Å²) < 4.78 is 41.7. The van der Waals surface area contributed by atoms with Gasteiger partial charge in [0.05, 0.1) is 11.7 Å². The summed E-state index contributed by atoms with van der Waals surface area (Å²) in [4.78, 5) is 27.5. The molecule has 10 nitrogen and oxygen atoms in total. The number of nitrogens with one attached hydrogen (secondary N) is 1. The number of ether oxygens (including phenoxy) is 2. The van der Waals surface area contributed by atoms with Gasteiger partial charge in [-0.3, -0.25) is 0 Å². The van der Waals surface area contributed by atoms with Crippen molar-refractivity contribution in [2.75, 3.05) is 42.6 Å². The molecule has 7 rings (SSSR count). The number of rotatable bonds is 4. The summed E-state index contributed by atoms with van der Waals surface area (Å²) in [7, 11) is 0. The van der Waals surface area contributed by atoms with Gasteiger partial charge in [0, 0.05) is 51.0 Å². The number of alkyl carbamates (subject to hydrolysis) is 1. The van der Waals surface area contributed by atoms with Crippen LogP contribution in [0.15, 0.2) is 24.3 Å². The second-order valence-electron chi connectivity index (χ2n) is 14.5. The molecule has 1 spiro atoms. The number of aryl methyl sites for hydroxylation is 1. The van der Waals surface area contributed by atoms with Gasteiger partial charge in [-0.1, -0.05) is 24.3 Å². The molecule has 0 radical (unpaired) electrons. The molecule has 4 aliphatic rings. The molecule has 3 aliphatic heterocycles. The Morgan fingerprint density at radius 1 is 1.00 bits per heavy atom. The van der Waals surface area contributed by atoms with Gasteiger partial charge in [0.15, 0.2) is 29.0 Å². The summed E-state index contributed by atoms with van der Waals surface area (Å²) in [6.07, 6.45) is 4.41. The number of halogens is 2. The molecule has 46 heavy (non-hydrogen) atoms. The number of nitrogens with zero attached hydrogens (tertiary/aromatic N) is 6. The fourth-order valence-corrected chi connectivity index (χ4v) is 7.76. The van der Waals surface area contributed by atoms with Crippen molar-refractivity contribution in [3.05, 3.63) is 41.1 Å². The molecule has 1 aromatic carbocycles. The number of carbonyl (C=O) groups excluding carboxylic acids is 1. The van der Waals surface area contributed by atoms with E-state index in [4.69, 9.17) is 24.5 Å². The Kier molecular flexibility index (Phi) is 7.84. The third-order valence-electron chi connectivity index (χ3n) is 10.1. The van der Waals surface area contributed by atoms with E-state index < -0.39 is 17.6 Å². The number of benzene rings is 1. The van der Waals surface area contributed by atoms with Crippen LogP contribution < -0.4 is 15.1 Å². The zero-order chi connectivity index (χ0) is 32.3. The monoisotopic (exact) mass is 637 g/mol. The number of amides is 1. The van der Waals surface area contributed by atoms with Crippen LogP contribution in [-0.4, -0.2) is 70.2 Å². The molecule has 3 aromatic rings. The molecule has 0 saturated carbocycles. The first-order valence-corrected chi connectivity index (χ1v) is 16.7. The fraction of sp³-hybridized carbons (Fsp3) is 0.647. The van der Waals surface area contributed by atoms with E-state index >= 15 is 0 Å². The SMILES string of the molecule is Cc1nc2c(N3CCC(F)(F)CC3)nn(C3CCCCO3)c2nc1N1CCC2(CC1)Cc1ccccc1[C@H]2NC(=O)OC(C)(C)C. The van der Waals surface area contributed by atoms with Crippen molar-refractivity contribution in [2.24, 2.45) is 5.41 Å². The van der Waals surface area contributed by atoms with Crippen LogP contribution in [0.4, 0.5) is 25.2 Å². The lowest BCUT2D eigenvalue weighted by Gasteiger charge is -2.44. The molecular weight excluding hydrogens is 592 g/mol. The van der Waals surface area contributed by atoms with E-state index in [1.165, 1.54) is 11.1 Å². The molecule has 1 aliphatic carbocycles. The summed E-state index contributed by atoms with van der Waals surface area (Å²) in [6.45, 7) is 10.2. The zero-order valence-corrected chi connectivity index (χ0v) is 27.3. The first kappa shape index (κ1) is 31.1. The molecule has 3 saturated heterocycles. The first-order chi connectivity index (χ1) is 21.9. The quantitative estimate of drug-likeness (QED) is 0.347. The summed E-state index contributed by atoms with van der Waals surface area (Å²) >= 11 is 0. The van der Waals surface area contributed by atoms with Crippen molar-refractivity contribution in [1.29, 1.82) is 0 Å². The Balaban J connectivity index is 1.17. The normalized spacial score (nSPS) is 24.3. The van der Waals surface area contributed by atoms with Gasteiger partial charge in [-0.25, -0.2) is 28.2 Å². The minimum atomic E-state index is -2.65. The summed E-state index contributed by atoms with van der Waals surface area (Å²) in [5, 5.41) is 8.17. The molecule has 1 N–H and O–H groups in total. The molecular formula is C34H45F2N7O3. The van der Waals surface area contributed by atoms with Gasteiger partial charge in [0.1, 0.15) is 5.60 Å². The maximum atomic E-state index is 14.0. The fourth-order valence-electron chi connectivity index (χ4n) is 7.76. The van der Waals surface area contributed by atoms with Gasteiger partial charge >= 0.3 is 6.09 Å². The predicted octanol–water partition coefficient (Wildman–Crippen LogP) is 6.48. The van der Waals surface area contributed by atoms with Crippen molar-refractivity contribution in [3.63, 3.8) is 0 Å². The van der Waals surface area contributed by atoms with Gasteiger partial charge in [0.2, 0.25) is 0 Å². The number of fused-ring (bicyclic) bond motifs is 2. The third-order valence-corrected chi connectivity index (χ3v) is 10.1. The van der Waals surface area contributed by atoms with Crippen molar-refractivity contribution in [1.82, 2.24) is 25.1 Å². The van der Waals surface area contributed by atoms with Crippen LogP contribution in [0.25, 0.3) is 11.2 Å². The van der Waals surface area contributed by atoms with E-state index in [9.17, 15) is 13.6 Å². The smallest absolute Gasteiger partial charge is 0.408 e. The number of piperidine rings is 2. The van der Waals surface area contributed by atoms with E-state index in [-0.39, 0.29) is 43.6 Å². The third kappa shape index (κ3) is 5.89. The Morgan fingerprint density at radius 2 is 1.70 bits per heavy atom. The molecule has 0 bridgehead atoms. The van der Waals surface area contributed by atoms with E-state index in [1.807, 2.05) is 43.3 Å². The Hall–Kier alpha value is -3.54. The average molecular weight is 638 g/mol. The predicted molar refractivity (Wildman–Crippen MR) is 171 cm³/mol. The van der Waals surface area contributed by atoms with Gasteiger partial charge < -0.3 is 24.6 Å². The number of aromatic nitrogens is 4. The van der Waals surface area contributed by atoms with E-state index in [1.54, 1.807) is 0 Å². The van der Waals surface area contributed by atoms with Gasteiger partial charge in [-0.2, -0.15) is 0 Å². The van der Waals surface area contributed by atoms with E-state index in [0.717, 1.165) is 63.1 Å². The van der Waals surface area contributed by atoms with Crippen LogP contribution in [0.3, 0.4) is 0 Å². The van der Waals surface area contributed by atoms with Crippen molar-refractivity contribution < 1.29 is 23.0 Å². The first-order valence-electron chi connectivity index (χ1n) is 16.7. The van der Waals surface area contributed by atoms with E-state index in [0.29, 0.717) is 23.6 Å². The lowest BCUT2D eigenvalue weighted by atomic mass is 9.72. The van der Waals surface area contributed by atoms with Crippen LogP contribution in [-0.2, 0) is 15.9 Å². The summed E-state index contributed by atoms with van der Waals surface area (Å²) in [6, 6.07) is 8.25. The lowest BCUT2D eigenvalue weighted by molar-refractivity contribution is -0.0372. The molecule has 1 unspecified atom stereocenters.